The van der Waals surface area contributed by atoms with Crippen LogP contribution in [0.2, 0.25) is 0 Å². The van der Waals surface area contributed by atoms with Crippen molar-refractivity contribution in [1.29, 1.82) is 0 Å². The smallest absolute Gasteiger partial charge is 0.210 e. The molecule has 0 saturated heterocycles. The number of unbranched alkanes of at least 4 members (excludes halogenated alkanes) is 6. The molecule has 0 fully saturated rings. The van der Waals surface area contributed by atoms with Gasteiger partial charge in [-0.3, -0.25) is 9.78 Å². The molecule has 5 aromatic rings. The summed E-state index contributed by atoms with van der Waals surface area (Å²) in [6, 6.07) is 32.6. The lowest BCUT2D eigenvalue weighted by Gasteiger charge is -2.31. The van der Waals surface area contributed by atoms with Gasteiger partial charge in [0, 0.05) is 59.2 Å². The minimum atomic E-state index is -0.306. The zero-order valence-corrected chi connectivity index (χ0v) is 34.9. The zero-order valence-electron chi connectivity index (χ0n) is 34.9. The lowest BCUT2D eigenvalue weighted by atomic mass is 9.75. The topological polar surface area (TPSA) is 48.2 Å². The molecule has 1 aliphatic carbocycles. The SMILES string of the molecule is CCCCCCN1C(=CC2=C(NCc3ccccn3)C(=CC3=[N+](CCCCCC)c4ccc5ccccc5c4C3(C)C)C2=O)C(C)(C)c2c1ccc1ccccc21. The van der Waals surface area contributed by atoms with Crippen LogP contribution in [0.1, 0.15) is 110 Å². The fraction of sp³-hybridized carbons (Fsp3) is 0.365. The van der Waals surface area contributed by atoms with Crippen molar-refractivity contribution < 1.29 is 9.37 Å². The molecule has 1 aromatic heterocycles. The number of hydrogen-bond acceptors (Lipinski definition) is 4. The molecule has 0 spiro atoms. The maximum absolute atomic E-state index is 14.9. The van der Waals surface area contributed by atoms with Crippen molar-refractivity contribution in [1.82, 2.24) is 10.3 Å². The van der Waals surface area contributed by atoms with Crippen LogP contribution in [0.4, 0.5) is 11.4 Å². The number of benzene rings is 4. The number of carbonyl (C=O) groups is 1. The molecule has 0 saturated carbocycles. The number of nitrogens with zero attached hydrogens (tertiary/aromatic N) is 3. The van der Waals surface area contributed by atoms with Crippen molar-refractivity contribution in [2.24, 2.45) is 0 Å². The molecule has 2 aliphatic heterocycles. The van der Waals surface area contributed by atoms with Gasteiger partial charge in [0.25, 0.3) is 0 Å². The summed E-state index contributed by atoms with van der Waals surface area (Å²) in [6.07, 6.45) is 15.7. The lowest BCUT2D eigenvalue weighted by molar-refractivity contribution is -0.438. The third-order valence-corrected chi connectivity index (χ3v) is 12.7. The van der Waals surface area contributed by atoms with E-state index < -0.39 is 0 Å². The highest BCUT2D eigenvalue weighted by Gasteiger charge is 2.48. The van der Waals surface area contributed by atoms with Gasteiger partial charge in [-0.05, 0) is 84.1 Å². The van der Waals surface area contributed by atoms with Gasteiger partial charge in [0.15, 0.2) is 11.5 Å². The summed E-state index contributed by atoms with van der Waals surface area (Å²) < 4.78 is 2.52. The summed E-state index contributed by atoms with van der Waals surface area (Å²) in [5.74, 6) is 0.101. The van der Waals surface area contributed by atoms with Crippen molar-refractivity contribution in [2.45, 2.75) is 110 Å². The van der Waals surface area contributed by atoms with Crippen LogP contribution in [-0.4, -0.2) is 34.1 Å². The fourth-order valence-electron chi connectivity index (χ4n) is 9.74. The standard InChI is InChI=1S/C52H58N4O/c1-7-9-11-19-31-55-43-28-26-36-21-13-15-24-39(36)47(43)51(3,4)45(55)33-41-49(54-35-38-23-17-18-30-53-38)42(50(41)57)34-46-52(5,6)48-40-25-16-14-22-37(40)27-29-44(48)56(46)32-20-12-10-8-2/h13-18,21-30,33-34H,7-12,19-20,31-32,35H2,1-6H3/p+1. The molecule has 4 aromatic carbocycles. The summed E-state index contributed by atoms with van der Waals surface area (Å²) in [6.45, 7) is 16.3. The molecular weight excluding hydrogens is 697 g/mol. The van der Waals surface area contributed by atoms with Gasteiger partial charge in [0.2, 0.25) is 5.69 Å². The molecule has 292 valence electrons. The van der Waals surface area contributed by atoms with Crippen molar-refractivity contribution in [2.75, 3.05) is 18.0 Å². The van der Waals surface area contributed by atoms with E-state index >= 15 is 0 Å². The fourth-order valence-corrected chi connectivity index (χ4v) is 9.74. The molecular formula is C52H59N4O+. The average molecular weight is 756 g/mol. The Hall–Kier alpha value is -5.29. The monoisotopic (exact) mass is 755 g/mol. The molecule has 5 nitrogen and oxygen atoms in total. The first kappa shape index (κ1) is 38.6. The first-order chi connectivity index (χ1) is 27.7. The Kier molecular flexibility index (Phi) is 10.8. The molecule has 3 aliphatic rings. The molecule has 8 rings (SSSR count). The number of pyridine rings is 1. The molecule has 0 amide bonds. The molecule has 0 unspecified atom stereocenters. The molecule has 5 heteroatoms. The highest BCUT2D eigenvalue weighted by atomic mass is 16.1. The van der Waals surface area contributed by atoms with E-state index in [-0.39, 0.29) is 16.6 Å². The van der Waals surface area contributed by atoms with Crippen LogP contribution >= 0.6 is 0 Å². The number of ketones is 1. The van der Waals surface area contributed by atoms with Gasteiger partial charge in [-0.25, -0.2) is 0 Å². The van der Waals surface area contributed by atoms with E-state index in [2.05, 4.69) is 146 Å². The molecule has 0 radical (unpaired) electrons. The average Bonchev–Trinajstić information content (AvgIpc) is 3.58. The van der Waals surface area contributed by atoms with Gasteiger partial charge in [-0.15, -0.1) is 0 Å². The molecule has 0 bridgehead atoms. The van der Waals surface area contributed by atoms with Gasteiger partial charge in [0.05, 0.1) is 28.9 Å². The number of carbonyl (C=O) groups excluding carboxylic acids is 1. The van der Waals surface area contributed by atoms with Crippen LogP contribution in [0.25, 0.3) is 21.5 Å². The van der Waals surface area contributed by atoms with Gasteiger partial charge < -0.3 is 10.2 Å². The van der Waals surface area contributed by atoms with Crippen LogP contribution in [-0.2, 0) is 22.2 Å². The maximum Gasteiger partial charge on any atom is 0.210 e. The van der Waals surface area contributed by atoms with Crippen LogP contribution in [0, 0.1) is 0 Å². The van der Waals surface area contributed by atoms with Crippen molar-refractivity contribution in [3.05, 3.63) is 149 Å². The first-order valence-electron chi connectivity index (χ1n) is 21.5. The van der Waals surface area contributed by atoms with Gasteiger partial charge in [-0.2, -0.15) is 4.58 Å². The number of anilines is 1. The third-order valence-electron chi connectivity index (χ3n) is 12.7. The minimum absolute atomic E-state index is 0.101. The number of aromatic nitrogens is 1. The summed E-state index contributed by atoms with van der Waals surface area (Å²) in [7, 11) is 0. The minimum Gasteiger partial charge on any atom is -0.378 e. The van der Waals surface area contributed by atoms with Gasteiger partial charge >= 0.3 is 0 Å². The summed E-state index contributed by atoms with van der Waals surface area (Å²) in [5, 5.41) is 8.83. The maximum atomic E-state index is 14.9. The molecule has 0 atom stereocenters. The first-order valence-corrected chi connectivity index (χ1v) is 21.5. The van der Waals surface area contributed by atoms with E-state index in [9.17, 15) is 4.79 Å². The van der Waals surface area contributed by atoms with E-state index in [1.807, 2.05) is 24.4 Å². The van der Waals surface area contributed by atoms with Crippen LogP contribution < -0.4 is 10.2 Å². The highest BCUT2D eigenvalue weighted by Crippen LogP contribution is 2.52. The third kappa shape index (κ3) is 6.94. The second-order valence-electron chi connectivity index (χ2n) is 17.3. The summed E-state index contributed by atoms with van der Waals surface area (Å²) in [5.41, 5.74) is 10.4. The number of nitrogens with one attached hydrogen (secondary N) is 1. The van der Waals surface area contributed by atoms with Gasteiger partial charge in [-0.1, -0.05) is 120 Å². The Labute approximate surface area is 339 Å². The number of fused-ring (bicyclic) bond motifs is 6. The summed E-state index contributed by atoms with van der Waals surface area (Å²) >= 11 is 0. The van der Waals surface area contributed by atoms with Gasteiger partial charge in [0.1, 0.15) is 6.54 Å². The van der Waals surface area contributed by atoms with E-state index in [4.69, 9.17) is 0 Å². The van der Waals surface area contributed by atoms with Crippen LogP contribution in [0.3, 0.4) is 0 Å². The second-order valence-corrected chi connectivity index (χ2v) is 17.3. The van der Waals surface area contributed by atoms with Crippen LogP contribution in [0.15, 0.2) is 132 Å². The quantitative estimate of drug-likeness (QED) is 0.0657. The predicted molar refractivity (Wildman–Crippen MR) is 239 cm³/mol. The number of allylic oxidation sites excluding steroid dienone is 5. The Balaban J connectivity index is 1.27. The largest absolute Gasteiger partial charge is 0.378 e. The zero-order chi connectivity index (χ0) is 39.7. The molecule has 1 N–H and O–H groups in total. The second kappa shape index (κ2) is 15.9. The Bertz CT molecular complexity index is 2460. The Morgan fingerprint density at radius 3 is 2.07 bits per heavy atom. The Morgan fingerprint density at radius 1 is 0.702 bits per heavy atom. The normalized spacial score (nSPS) is 18.3. The predicted octanol–water partition coefficient (Wildman–Crippen LogP) is 12.2. The molecule has 57 heavy (non-hydrogen) atoms. The van der Waals surface area contributed by atoms with E-state index in [0.717, 1.165) is 48.5 Å². The van der Waals surface area contributed by atoms with E-state index in [0.29, 0.717) is 6.54 Å². The van der Waals surface area contributed by atoms with E-state index in [1.165, 1.54) is 94.0 Å². The number of rotatable bonds is 15. The summed E-state index contributed by atoms with van der Waals surface area (Å²) in [4.78, 5) is 22.0. The number of Topliss-reactive ketones (excluding diaryl/α,β-unsaturated/α-hetero) is 1. The van der Waals surface area contributed by atoms with Crippen molar-refractivity contribution >= 4 is 44.4 Å². The van der Waals surface area contributed by atoms with E-state index in [1.54, 1.807) is 0 Å². The van der Waals surface area contributed by atoms with Crippen molar-refractivity contribution in [3.63, 3.8) is 0 Å². The molecule has 3 heterocycles. The number of hydrogen-bond donors (Lipinski definition) is 1. The lowest BCUT2D eigenvalue weighted by Crippen LogP contribution is -2.36. The van der Waals surface area contributed by atoms with Crippen LogP contribution in [0.5, 0.6) is 0 Å². The van der Waals surface area contributed by atoms with Crippen molar-refractivity contribution in [3.8, 4) is 0 Å². The highest BCUT2D eigenvalue weighted by molar-refractivity contribution is 6.25. The Morgan fingerprint density at radius 2 is 1.37 bits per heavy atom.